The van der Waals surface area contributed by atoms with E-state index in [1.54, 1.807) is 0 Å². The van der Waals surface area contributed by atoms with Gasteiger partial charge in [-0.25, -0.2) is 0 Å². The Balaban J connectivity index is 1.09. The van der Waals surface area contributed by atoms with Gasteiger partial charge in [0.1, 0.15) is 11.0 Å². The molecule has 11 rings (SSSR count). The quantitative estimate of drug-likeness (QED) is 0.167. The third kappa shape index (κ3) is 6.10. The normalized spacial score (nSPS) is 14.0. The van der Waals surface area contributed by atoms with Crippen LogP contribution in [0.3, 0.4) is 0 Å². The maximum Gasteiger partial charge on any atom is 0.135 e. The van der Waals surface area contributed by atoms with Crippen molar-refractivity contribution in [1.82, 2.24) is 0 Å². The van der Waals surface area contributed by atoms with Crippen LogP contribution in [0.15, 0.2) is 168 Å². The standard InChI is InChI=1S/C59H47NO/c1-58(2,3)43-30-25-40(26-31-43)38-21-23-39(24-22-38)41-27-32-44(33-28-41)60(45-34-35-52-50(37-45)47-15-8-10-18-51(47)59(52,4)5)53-36-29-42-13-6-7-14-46(42)56(53)49-17-12-20-55-57(49)48-16-9-11-19-54(48)61-55/h6-11,13-16,18-33,36-37H,12,17H2,1-5H3. The van der Waals surface area contributed by atoms with Crippen molar-refractivity contribution in [1.29, 1.82) is 0 Å². The Labute approximate surface area is 358 Å². The fraction of sp³-hybridized carbons (Fsp3) is 0.153. The summed E-state index contributed by atoms with van der Waals surface area (Å²) in [5, 5.41) is 4.78. The van der Waals surface area contributed by atoms with Crippen molar-refractivity contribution < 1.29 is 4.42 Å². The fourth-order valence-electron chi connectivity index (χ4n) is 9.90. The number of benzene rings is 7. The van der Waals surface area contributed by atoms with Crippen LogP contribution in [-0.4, -0.2) is 0 Å². The van der Waals surface area contributed by atoms with Gasteiger partial charge in [-0.05, 0) is 122 Å². The maximum atomic E-state index is 6.53. The molecule has 0 saturated heterocycles. The van der Waals surface area contributed by atoms with Crippen molar-refractivity contribution in [3.8, 4) is 33.4 Å². The van der Waals surface area contributed by atoms with E-state index in [1.807, 2.05) is 0 Å². The molecular formula is C59H47NO. The van der Waals surface area contributed by atoms with E-state index in [2.05, 4.69) is 222 Å². The zero-order valence-corrected chi connectivity index (χ0v) is 35.4. The smallest absolute Gasteiger partial charge is 0.135 e. The molecule has 8 aromatic carbocycles. The molecule has 294 valence electrons. The molecule has 0 saturated carbocycles. The summed E-state index contributed by atoms with van der Waals surface area (Å²) in [6.45, 7) is 11.4. The summed E-state index contributed by atoms with van der Waals surface area (Å²) in [6, 6.07) is 67.5. The molecule has 2 aliphatic carbocycles. The van der Waals surface area contributed by atoms with Crippen molar-refractivity contribution in [3.63, 3.8) is 0 Å². The molecule has 61 heavy (non-hydrogen) atoms. The Morgan fingerprint density at radius 1 is 0.607 bits per heavy atom. The molecule has 0 radical (unpaired) electrons. The van der Waals surface area contributed by atoms with E-state index in [0.29, 0.717) is 0 Å². The molecule has 0 bridgehead atoms. The van der Waals surface area contributed by atoms with Crippen molar-refractivity contribution >= 4 is 50.5 Å². The molecule has 0 N–H and O–H groups in total. The van der Waals surface area contributed by atoms with Gasteiger partial charge in [0, 0.05) is 32.8 Å². The van der Waals surface area contributed by atoms with E-state index in [0.717, 1.165) is 46.3 Å². The highest BCUT2D eigenvalue weighted by molar-refractivity contribution is 6.03. The predicted octanol–water partition coefficient (Wildman–Crippen LogP) is 14.4. The molecule has 9 aromatic rings. The summed E-state index contributed by atoms with van der Waals surface area (Å²) in [4.78, 5) is 2.41. The first-order valence-corrected chi connectivity index (χ1v) is 21.6. The van der Waals surface area contributed by atoms with Gasteiger partial charge in [0.2, 0.25) is 0 Å². The van der Waals surface area contributed by atoms with Gasteiger partial charge in [-0.1, -0.05) is 174 Å². The summed E-state index contributed by atoms with van der Waals surface area (Å²) in [7, 11) is 0. The molecule has 1 heterocycles. The van der Waals surface area contributed by atoms with E-state index in [-0.39, 0.29) is 10.8 Å². The molecule has 0 unspecified atom stereocenters. The van der Waals surface area contributed by atoms with E-state index < -0.39 is 0 Å². The van der Waals surface area contributed by atoms with Crippen molar-refractivity contribution in [3.05, 3.63) is 209 Å². The third-order valence-corrected chi connectivity index (χ3v) is 13.1. The van der Waals surface area contributed by atoms with Crippen LogP contribution >= 0.6 is 0 Å². The average molecular weight is 786 g/mol. The Hall–Kier alpha value is -7.08. The van der Waals surface area contributed by atoms with Crippen molar-refractivity contribution in [2.75, 3.05) is 4.90 Å². The Bertz CT molecular complexity index is 3280. The van der Waals surface area contributed by atoms with E-state index in [9.17, 15) is 0 Å². The summed E-state index contributed by atoms with van der Waals surface area (Å²) < 4.78 is 6.53. The average Bonchev–Trinajstić information content (AvgIpc) is 3.78. The lowest BCUT2D eigenvalue weighted by Crippen LogP contribution is -2.27. The monoisotopic (exact) mass is 785 g/mol. The molecule has 0 fully saturated rings. The highest BCUT2D eigenvalue weighted by Crippen LogP contribution is 2.50. The Morgan fingerprint density at radius 3 is 1.95 bits per heavy atom. The van der Waals surface area contributed by atoms with Crippen molar-refractivity contribution in [2.24, 2.45) is 0 Å². The number of anilines is 3. The van der Waals surface area contributed by atoms with Crippen LogP contribution in [0, 0.1) is 12.1 Å². The van der Waals surface area contributed by atoms with Gasteiger partial charge in [-0.2, -0.15) is 0 Å². The molecular weight excluding hydrogens is 739 g/mol. The van der Waals surface area contributed by atoms with Crippen LogP contribution in [0.25, 0.3) is 66.8 Å². The fourth-order valence-corrected chi connectivity index (χ4v) is 9.90. The van der Waals surface area contributed by atoms with Gasteiger partial charge in [0.25, 0.3) is 0 Å². The molecule has 0 aliphatic heterocycles. The Morgan fingerprint density at radius 2 is 1.23 bits per heavy atom. The molecule has 2 heteroatoms. The summed E-state index contributed by atoms with van der Waals surface area (Å²) >= 11 is 0. The summed E-state index contributed by atoms with van der Waals surface area (Å²) in [6.07, 6.45) is 4.07. The minimum atomic E-state index is -0.167. The second kappa shape index (κ2) is 14.0. The lowest BCUT2D eigenvalue weighted by Gasteiger charge is -2.29. The van der Waals surface area contributed by atoms with Crippen molar-refractivity contribution in [2.45, 2.75) is 58.3 Å². The molecule has 0 amide bonds. The number of rotatable bonds is 6. The summed E-state index contributed by atoms with van der Waals surface area (Å²) in [5.74, 6) is 0. The number of furan rings is 1. The molecule has 2 aliphatic rings. The van der Waals surface area contributed by atoms with Crippen LogP contribution in [0.2, 0.25) is 0 Å². The first kappa shape index (κ1) is 37.0. The lowest BCUT2D eigenvalue weighted by molar-refractivity contribution is 0.571. The molecule has 0 atom stereocenters. The number of para-hydroxylation sites is 1. The second-order valence-electron chi connectivity index (χ2n) is 18.3. The number of fused-ring (bicyclic) bond motifs is 7. The SMILES string of the molecule is CC(C)(C)c1ccc(-c2ccc(-c3ccc(N(c4c#cc5c(c4)-c4ccccc4C5(C)C)c4ccc5ccccc5c4C4=c5c(oc6ccccc56)=CCC4)cc3)cc2)cc1. The molecule has 1 aromatic heterocycles. The van der Waals surface area contributed by atoms with Crippen LogP contribution in [-0.2, 0) is 10.8 Å². The lowest BCUT2D eigenvalue weighted by atomic mass is 9.83. The minimum Gasteiger partial charge on any atom is -0.456 e. The van der Waals surface area contributed by atoms with E-state index in [4.69, 9.17) is 4.42 Å². The summed E-state index contributed by atoms with van der Waals surface area (Å²) in [5.41, 5.74) is 18.7. The number of hydrogen-bond donors (Lipinski definition) is 0. The van der Waals surface area contributed by atoms with Crippen LogP contribution in [0.4, 0.5) is 17.1 Å². The van der Waals surface area contributed by atoms with Crippen LogP contribution in [0.5, 0.6) is 0 Å². The van der Waals surface area contributed by atoms with Gasteiger partial charge in [0.15, 0.2) is 0 Å². The highest BCUT2D eigenvalue weighted by Gasteiger charge is 2.36. The first-order chi connectivity index (χ1) is 29.6. The Kier molecular flexibility index (Phi) is 8.49. The van der Waals surface area contributed by atoms with Gasteiger partial charge in [0.05, 0.1) is 11.4 Å². The predicted molar refractivity (Wildman–Crippen MR) is 255 cm³/mol. The largest absolute Gasteiger partial charge is 0.456 e. The van der Waals surface area contributed by atoms with Gasteiger partial charge >= 0.3 is 0 Å². The van der Waals surface area contributed by atoms with E-state index in [1.165, 1.54) is 77.2 Å². The van der Waals surface area contributed by atoms with Gasteiger partial charge in [-0.15, -0.1) is 0 Å². The maximum absolute atomic E-state index is 6.53. The zero-order valence-electron chi connectivity index (χ0n) is 35.4. The first-order valence-electron chi connectivity index (χ1n) is 21.6. The molecule has 2 nitrogen and oxygen atoms in total. The molecule has 0 spiro atoms. The zero-order chi connectivity index (χ0) is 41.5. The topological polar surface area (TPSA) is 16.4 Å². The third-order valence-electron chi connectivity index (χ3n) is 13.1. The number of hydrogen-bond acceptors (Lipinski definition) is 2. The number of nitrogens with zero attached hydrogens (tertiary/aromatic N) is 1. The second-order valence-corrected chi connectivity index (χ2v) is 18.3. The van der Waals surface area contributed by atoms with Crippen LogP contribution < -0.4 is 15.5 Å². The minimum absolute atomic E-state index is 0.130. The van der Waals surface area contributed by atoms with Crippen LogP contribution in [0.1, 0.15) is 69.7 Å². The van der Waals surface area contributed by atoms with E-state index >= 15 is 0 Å². The van der Waals surface area contributed by atoms with Gasteiger partial charge in [-0.3, -0.25) is 0 Å². The van der Waals surface area contributed by atoms with Gasteiger partial charge < -0.3 is 9.32 Å². The highest BCUT2D eigenvalue weighted by atomic mass is 16.3.